The molecule has 0 bridgehead atoms. The Hall–Kier alpha value is -1.18. The smallest absolute Gasteiger partial charge is 0.328 e. The van der Waals surface area contributed by atoms with E-state index in [9.17, 15) is 9.59 Å². The fourth-order valence-corrected chi connectivity index (χ4v) is 4.07. The third-order valence-electron chi connectivity index (χ3n) is 4.59. The summed E-state index contributed by atoms with van der Waals surface area (Å²) in [6.07, 6.45) is 1.23. The maximum Gasteiger partial charge on any atom is 0.328 e. The van der Waals surface area contributed by atoms with Crippen LogP contribution in [0.1, 0.15) is 54.4 Å². The Balaban J connectivity index is 2.23. The van der Waals surface area contributed by atoms with E-state index in [1.54, 1.807) is 13.8 Å². The molecule has 1 spiro atoms. The molecule has 0 aromatic carbocycles. The molecule has 2 rings (SSSR count). The first-order valence-electron chi connectivity index (χ1n) is 8.91. The van der Waals surface area contributed by atoms with E-state index in [1.165, 1.54) is 0 Å². The number of ether oxygens (including phenoxy) is 4. The first-order valence-corrected chi connectivity index (χ1v) is 8.91. The summed E-state index contributed by atoms with van der Waals surface area (Å²) >= 11 is 0. The summed E-state index contributed by atoms with van der Waals surface area (Å²) < 4.78 is 22.3. The highest BCUT2D eigenvalue weighted by Gasteiger charge is 2.59. The van der Waals surface area contributed by atoms with E-state index in [1.807, 2.05) is 0 Å². The number of esters is 2. The molecule has 2 heterocycles. The predicted molar refractivity (Wildman–Crippen MR) is 90.9 cm³/mol. The van der Waals surface area contributed by atoms with Crippen LogP contribution in [0, 0.1) is 5.41 Å². The number of carbonyl (C=O) groups excluding carboxylic acids is 2. The van der Waals surface area contributed by atoms with Crippen molar-refractivity contribution in [1.82, 2.24) is 5.32 Å². The standard InChI is InChI=1S/C18H31NO6/c1-7-22-13(20)17(14(21)23-8-2)11-24-18(25-12-17)9-15(3,4)19-16(5,6)10-18/h19H,7-12H2,1-6H3. The largest absolute Gasteiger partial charge is 0.465 e. The number of nitrogens with one attached hydrogen (secondary N) is 1. The first-order chi connectivity index (χ1) is 11.5. The van der Waals surface area contributed by atoms with Crippen LogP contribution in [0.3, 0.4) is 0 Å². The van der Waals surface area contributed by atoms with Gasteiger partial charge in [0.05, 0.1) is 26.4 Å². The second-order valence-corrected chi connectivity index (χ2v) is 8.26. The molecule has 0 aromatic heterocycles. The van der Waals surface area contributed by atoms with Crippen molar-refractivity contribution in [3.8, 4) is 0 Å². The Morgan fingerprint density at radius 1 is 0.880 bits per heavy atom. The summed E-state index contributed by atoms with van der Waals surface area (Å²) in [5.41, 5.74) is -1.96. The van der Waals surface area contributed by atoms with Gasteiger partial charge in [0.2, 0.25) is 5.41 Å². The quantitative estimate of drug-likeness (QED) is 0.606. The molecule has 0 aromatic rings. The summed E-state index contributed by atoms with van der Waals surface area (Å²) in [5, 5.41) is 3.57. The number of hydrogen-bond donors (Lipinski definition) is 1. The molecule has 0 radical (unpaired) electrons. The number of rotatable bonds is 4. The maximum absolute atomic E-state index is 12.5. The van der Waals surface area contributed by atoms with Crippen LogP contribution in [0.25, 0.3) is 0 Å². The maximum atomic E-state index is 12.5. The molecule has 0 unspecified atom stereocenters. The average molecular weight is 357 g/mol. The summed E-state index contributed by atoms with van der Waals surface area (Å²) in [6, 6.07) is 0. The van der Waals surface area contributed by atoms with Crippen molar-refractivity contribution in [3.63, 3.8) is 0 Å². The summed E-state index contributed by atoms with van der Waals surface area (Å²) in [4.78, 5) is 24.9. The Kier molecular flexibility index (Phi) is 5.52. The van der Waals surface area contributed by atoms with E-state index in [0.29, 0.717) is 12.8 Å². The van der Waals surface area contributed by atoms with Gasteiger partial charge < -0.3 is 24.3 Å². The summed E-state index contributed by atoms with van der Waals surface area (Å²) in [7, 11) is 0. The molecule has 0 saturated carbocycles. The lowest BCUT2D eigenvalue weighted by Gasteiger charge is -2.54. The van der Waals surface area contributed by atoms with E-state index in [0.717, 1.165) is 0 Å². The highest BCUT2D eigenvalue weighted by atomic mass is 16.7. The van der Waals surface area contributed by atoms with Gasteiger partial charge in [0.1, 0.15) is 0 Å². The minimum absolute atomic E-state index is 0.100. The average Bonchev–Trinajstić information content (AvgIpc) is 2.45. The second kappa shape index (κ2) is 6.85. The van der Waals surface area contributed by atoms with Crippen LogP contribution in [-0.4, -0.2) is 55.2 Å². The van der Waals surface area contributed by atoms with E-state index in [-0.39, 0.29) is 37.5 Å². The number of hydrogen-bond acceptors (Lipinski definition) is 7. The van der Waals surface area contributed by atoms with Gasteiger partial charge in [0.25, 0.3) is 0 Å². The number of piperidine rings is 1. The molecule has 2 saturated heterocycles. The third kappa shape index (κ3) is 4.15. The predicted octanol–water partition coefficient (Wildman–Crippen LogP) is 1.78. The van der Waals surface area contributed by atoms with Crippen molar-refractivity contribution in [3.05, 3.63) is 0 Å². The summed E-state index contributed by atoms with van der Waals surface area (Å²) in [6.45, 7) is 11.9. The molecular weight excluding hydrogens is 326 g/mol. The topological polar surface area (TPSA) is 83.1 Å². The van der Waals surface area contributed by atoms with Crippen LogP contribution in [-0.2, 0) is 28.5 Å². The Bertz CT molecular complexity index is 482. The zero-order valence-corrected chi connectivity index (χ0v) is 16.2. The third-order valence-corrected chi connectivity index (χ3v) is 4.59. The van der Waals surface area contributed by atoms with Crippen molar-refractivity contribution < 1.29 is 28.5 Å². The minimum Gasteiger partial charge on any atom is -0.465 e. The van der Waals surface area contributed by atoms with Crippen LogP contribution in [0.5, 0.6) is 0 Å². The van der Waals surface area contributed by atoms with E-state index < -0.39 is 23.1 Å². The molecule has 0 atom stereocenters. The van der Waals surface area contributed by atoms with Gasteiger partial charge in [-0.15, -0.1) is 0 Å². The molecular formula is C18H31NO6. The first kappa shape index (κ1) is 20.1. The number of carbonyl (C=O) groups is 2. The second-order valence-electron chi connectivity index (χ2n) is 8.26. The van der Waals surface area contributed by atoms with E-state index >= 15 is 0 Å². The van der Waals surface area contributed by atoms with Gasteiger partial charge >= 0.3 is 11.9 Å². The van der Waals surface area contributed by atoms with Gasteiger partial charge in [-0.3, -0.25) is 9.59 Å². The molecule has 25 heavy (non-hydrogen) atoms. The lowest BCUT2D eigenvalue weighted by atomic mass is 9.77. The molecule has 2 fully saturated rings. The van der Waals surface area contributed by atoms with Gasteiger partial charge in [-0.2, -0.15) is 0 Å². The molecule has 0 aliphatic carbocycles. The van der Waals surface area contributed by atoms with Gasteiger partial charge in [-0.25, -0.2) is 0 Å². The molecule has 7 heteroatoms. The normalized spacial score (nSPS) is 26.0. The molecule has 7 nitrogen and oxygen atoms in total. The Morgan fingerprint density at radius 3 is 1.64 bits per heavy atom. The van der Waals surface area contributed by atoms with Gasteiger partial charge in [-0.1, -0.05) is 0 Å². The molecule has 0 amide bonds. The molecule has 144 valence electrons. The van der Waals surface area contributed by atoms with Crippen molar-refractivity contribution >= 4 is 11.9 Å². The van der Waals surface area contributed by atoms with Crippen molar-refractivity contribution in [2.75, 3.05) is 26.4 Å². The van der Waals surface area contributed by atoms with Crippen molar-refractivity contribution in [2.24, 2.45) is 5.41 Å². The van der Waals surface area contributed by atoms with Crippen LogP contribution in [0.15, 0.2) is 0 Å². The molecule has 2 aliphatic rings. The lowest BCUT2D eigenvalue weighted by Crippen LogP contribution is -2.68. The van der Waals surface area contributed by atoms with Crippen LogP contribution < -0.4 is 5.32 Å². The van der Waals surface area contributed by atoms with Gasteiger partial charge in [0, 0.05) is 23.9 Å². The highest BCUT2D eigenvalue weighted by Crippen LogP contribution is 2.44. The van der Waals surface area contributed by atoms with Gasteiger partial charge in [0.15, 0.2) is 5.79 Å². The highest BCUT2D eigenvalue weighted by molar-refractivity contribution is 6.00. The SMILES string of the molecule is CCOC(=O)C1(C(=O)OCC)COC2(CC(C)(C)NC(C)(C)C2)OC1. The lowest BCUT2D eigenvalue weighted by molar-refractivity contribution is -0.323. The van der Waals surface area contributed by atoms with Crippen molar-refractivity contribution in [2.45, 2.75) is 71.2 Å². The zero-order chi connectivity index (χ0) is 18.9. The zero-order valence-electron chi connectivity index (χ0n) is 16.2. The van der Waals surface area contributed by atoms with Crippen molar-refractivity contribution in [1.29, 1.82) is 0 Å². The monoisotopic (exact) mass is 357 g/mol. The Morgan fingerprint density at radius 2 is 1.28 bits per heavy atom. The van der Waals surface area contributed by atoms with Gasteiger partial charge in [-0.05, 0) is 41.5 Å². The Labute approximate surface area is 149 Å². The van der Waals surface area contributed by atoms with Crippen LogP contribution >= 0.6 is 0 Å². The van der Waals surface area contributed by atoms with E-state index in [2.05, 4.69) is 33.0 Å². The van der Waals surface area contributed by atoms with E-state index in [4.69, 9.17) is 18.9 Å². The molecule has 2 aliphatic heterocycles. The fraction of sp³-hybridized carbons (Fsp3) is 0.889. The fourth-order valence-electron chi connectivity index (χ4n) is 4.07. The molecule has 1 N–H and O–H groups in total. The van der Waals surface area contributed by atoms with Crippen LogP contribution in [0.4, 0.5) is 0 Å². The summed E-state index contributed by atoms with van der Waals surface area (Å²) in [5.74, 6) is -2.15. The minimum atomic E-state index is -1.56. The van der Waals surface area contributed by atoms with Crippen LogP contribution in [0.2, 0.25) is 0 Å².